The number of benzene rings is 7. The Morgan fingerprint density at radius 2 is 0.635 bits per heavy atom. The molecular weight excluding hydrogens is 935 g/mol. The molecule has 0 aliphatic carbocycles. The Balaban J connectivity index is 1.10. The minimum absolute atomic E-state index is 0.0784. The van der Waals surface area contributed by atoms with Crippen molar-refractivity contribution in [3.05, 3.63) is 262 Å². The summed E-state index contributed by atoms with van der Waals surface area (Å²) in [6.07, 6.45) is -8.27. The van der Waals surface area contributed by atoms with Gasteiger partial charge in [-0.15, -0.1) is 0 Å². The predicted octanol–water partition coefficient (Wildman–Crippen LogP) is 11.5. The van der Waals surface area contributed by atoms with Gasteiger partial charge in [0.2, 0.25) is 0 Å². The van der Waals surface area contributed by atoms with E-state index in [0.29, 0.717) is 13.2 Å². The van der Waals surface area contributed by atoms with Crippen molar-refractivity contribution in [2.75, 3.05) is 13.2 Å². The molecule has 0 amide bonds. The minimum Gasteiger partial charge on any atom is -0.374 e. The normalized spacial score (nSPS) is 23.7. The van der Waals surface area contributed by atoms with Gasteiger partial charge in [-0.05, 0) is 44.5 Å². The molecule has 0 saturated carbocycles. The van der Waals surface area contributed by atoms with Crippen molar-refractivity contribution < 1.29 is 47.4 Å². The van der Waals surface area contributed by atoms with E-state index in [1.807, 2.05) is 212 Å². The summed E-state index contributed by atoms with van der Waals surface area (Å²) in [6.45, 7) is 1.85. The number of nitrogens with zero attached hydrogens (tertiary/aromatic N) is 3. The lowest BCUT2D eigenvalue weighted by atomic mass is 9.95. The number of hydrogen-bond acceptors (Lipinski definition) is 11. The number of azide groups is 1. The quantitative estimate of drug-likeness (QED) is 0.0292. The van der Waals surface area contributed by atoms with E-state index in [4.69, 9.17) is 47.4 Å². The van der Waals surface area contributed by atoms with Crippen molar-refractivity contribution in [2.24, 2.45) is 5.11 Å². The smallest absolute Gasteiger partial charge is 0.187 e. The molecule has 13 nitrogen and oxygen atoms in total. The Morgan fingerprint density at radius 3 is 1.00 bits per heavy atom. The molecule has 382 valence electrons. The molecule has 0 unspecified atom stereocenters. The lowest BCUT2D eigenvalue weighted by Crippen LogP contribution is -2.65. The first kappa shape index (κ1) is 52.3. The Labute approximate surface area is 433 Å². The van der Waals surface area contributed by atoms with Crippen LogP contribution in [-0.2, 0) is 93.6 Å². The van der Waals surface area contributed by atoms with Gasteiger partial charge in [0.05, 0.1) is 59.5 Å². The Kier molecular flexibility index (Phi) is 19.9. The van der Waals surface area contributed by atoms with E-state index in [1.54, 1.807) is 0 Å². The maximum absolute atomic E-state index is 10.4. The van der Waals surface area contributed by atoms with Crippen LogP contribution in [0.3, 0.4) is 0 Å². The largest absolute Gasteiger partial charge is 0.374 e. The second-order valence-corrected chi connectivity index (χ2v) is 18.2. The lowest BCUT2D eigenvalue weighted by molar-refractivity contribution is -0.368. The van der Waals surface area contributed by atoms with Gasteiger partial charge in [0.15, 0.2) is 12.6 Å². The van der Waals surface area contributed by atoms with Crippen LogP contribution < -0.4 is 0 Å². The van der Waals surface area contributed by atoms with Gasteiger partial charge in [-0.3, -0.25) is 0 Å². The number of hydrogen-bond donors (Lipinski definition) is 0. The van der Waals surface area contributed by atoms with Crippen LogP contribution in [0.5, 0.6) is 0 Å². The topological polar surface area (TPSA) is 141 Å². The fourth-order valence-corrected chi connectivity index (χ4v) is 9.10. The lowest BCUT2D eigenvalue weighted by Gasteiger charge is -2.49. The van der Waals surface area contributed by atoms with Crippen LogP contribution in [0.2, 0.25) is 0 Å². The Morgan fingerprint density at radius 1 is 0.338 bits per heavy atom. The highest BCUT2D eigenvalue weighted by Crippen LogP contribution is 2.37. The summed E-state index contributed by atoms with van der Waals surface area (Å²) in [5.41, 5.74) is 17.1. The van der Waals surface area contributed by atoms with Crippen LogP contribution in [0, 0.1) is 0 Å². The zero-order chi connectivity index (χ0) is 50.4. The molecule has 0 aromatic heterocycles. The van der Waals surface area contributed by atoms with Crippen LogP contribution >= 0.6 is 0 Å². The Hall–Kier alpha value is -6.55. The minimum atomic E-state index is -1.27. The molecule has 2 aliphatic heterocycles. The highest BCUT2D eigenvalue weighted by Gasteiger charge is 2.54. The monoisotopic (exact) mass is 997 g/mol. The van der Waals surface area contributed by atoms with Gasteiger partial charge in [-0.1, -0.05) is 217 Å². The van der Waals surface area contributed by atoms with Crippen molar-refractivity contribution in [3.8, 4) is 0 Å². The van der Waals surface area contributed by atoms with Crippen molar-refractivity contribution in [1.29, 1.82) is 0 Å². The maximum atomic E-state index is 10.4. The van der Waals surface area contributed by atoms with Gasteiger partial charge in [-0.25, -0.2) is 0 Å². The summed E-state index contributed by atoms with van der Waals surface area (Å²) in [7, 11) is 0. The SMILES string of the molecule is [N-]=[N+]=N[C@@H]1[C@@H](O[C@H]2[C@H](OCc3ccccc3)O[C@H](COCc3ccccc3)[C@@H](OCc3ccccc3)[C@@H]2OCc2ccccc2)O[C@H](COCc2ccccc2)[C@@H](OCc2ccccc2)[C@@H]1OCc1ccccc1. The molecule has 10 atom stereocenters. The molecule has 74 heavy (non-hydrogen) atoms. The molecule has 2 fully saturated rings. The average molecular weight is 998 g/mol. The fourth-order valence-electron chi connectivity index (χ4n) is 9.10. The summed E-state index contributed by atoms with van der Waals surface area (Å²) in [6, 6.07) is 68.2. The van der Waals surface area contributed by atoms with Crippen LogP contribution in [0.1, 0.15) is 38.9 Å². The highest BCUT2D eigenvalue weighted by atomic mass is 16.8. The summed E-state index contributed by atoms with van der Waals surface area (Å²) < 4.78 is 68.8. The van der Waals surface area contributed by atoms with Crippen molar-refractivity contribution in [2.45, 2.75) is 108 Å². The molecule has 2 heterocycles. The van der Waals surface area contributed by atoms with Gasteiger partial charge >= 0.3 is 0 Å². The maximum Gasteiger partial charge on any atom is 0.187 e. The molecule has 0 spiro atoms. The zero-order valence-electron chi connectivity index (χ0n) is 41.3. The Bertz CT molecular complexity index is 2690. The average Bonchev–Trinajstić information content (AvgIpc) is 3.46. The van der Waals surface area contributed by atoms with E-state index >= 15 is 0 Å². The molecule has 13 heteroatoms. The second-order valence-electron chi connectivity index (χ2n) is 18.2. The van der Waals surface area contributed by atoms with E-state index < -0.39 is 61.3 Å². The summed E-state index contributed by atoms with van der Waals surface area (Å²) in [5.74, 6) is 0. The van der Waals surface area contributed by atoms with Gasteiger partial charge in [0.1, 0.15) is 48.8 Å². The number of ether oxygens (including phenoxy) is 10. The van der Waals surface area contributed by atoms with Crippen LogP contribution in [0.25, 0.3) is 10.4 Å². The van der Waals surface area contributed by atoms with Gasteiger partial charge in [0, 0.05) is 4.91 Å². The third kappa shape index (κ3) is 15.3. The van der Waals surface area contributed by atoms with E-state index in [-0.39, 0.29) is 46.2 Å². The van der Waals surface area contributed by atoms with Gasteiger partial charge < -0.3 is 47.4 Å². The predicted molar refractivity (Wildman–Crippen MR) is 279 cm³/mol. The molecule has 2 aliphatic rings. The highest BCUT2D eigenvalue weighted by molar-refractivity contribution is 5.19. The van der Waals surface area contributed by atoms with Crippen molar-refractivity contribution >= 4 is 0 Å². The van der Waals surface area contributed by atoms with E-state index in [0.717, 1.165) is 38.9 Å². The first-order valence-electron chi connectivity index (χ1n) is 25.2. The molecule has 0 bridgehead atoms. The summed E-state index contributed by atoms with van der Waals surface area (Å²) >= 11 is 0. The molecule has 2 saturated heterocycles. The van der Waals surface area contributed by atoms with Gasteiger partial charge in [-0.2, -0.15) is 0 Å². The van der Waals surface area contributed by atoms with Crippen molar-refractivity contribution in [1.82, 2.24) is 0 Å². The summed E-state index contributed by atoms with van der Waals surface area (Å²) in [4.78, 5) is 3.39. The van der Waals surface area contributed by atoms with Crippen LogP contribution in [0.4, 0.5) is 0 Å². The van der Waals surface area contributed by atoms with E-state index in [9.17, 15) is 5.53 Å². The molecule has 9 rings (SSSR count). The first-order valence-corrected chi connectivity index (χ1v) is 25.2. The van der Waals surface area contributed by atoms with E-state index in [2.05, 4.69) is 10.0 Å². The molecule has 7 aromatic rings. The van der Waals surface area contributed by atoms with E-state index in [1.165, 1.54) is 0 Å². The molecule has 0 radical (unpaired) electrons. The third-order valence-corrected chi connectivity index (χ3v) is 12.9. The fraction of sp³-hybridized carbons (Fsp3) is 0.311. The molecule has 0 N–H and O–H groups in total. The third-order valence-electron chi connectivity index (χ3n) is 12.9. The summed E-state index contributed by atoms with van der Waals surface area (Å²) in [5, 5.41) is 4.42. The van der Waals surface area contributed by atoms with Gasteiger partial charge in [0.25, 0.3) is 0 Å². The van der Waals surface area contributed by atoms with Crippen LogP contribution in [-0.4, -0.2) is 74.6 Å². The number of rotatable bonds is 26. The molecular formula is C61H63N3O10. The first-order chi connectivity index (χ1) is 36.7. The second kappa shape index (κ2) is 28.2. The molecule has 7 aromatic carbocycles. The zero-order valence-corrected chi connectivity index (χ0v) is 41.3. The van der Waals surface area contributed by atoms with Crippen LogP contribution in [0.15, 0.2) is 217 Å². The van der Waals surface area contributed by atoms with Crippen molar-refractivity contribution in [3.63, 3.8) is 0 Å². The standard InChI is InChI=1S/C61H63N3O10/c62-64-63-54-57(69-40-49-30-16-5-17-31-49)55(67-38-47-26-12-3-13-27-47)52(43-65-36-45-22-8-1-9-23-45)72-60(54)74-59-58(70-41-50-32-18-6-19-33-50)56(68-39-48-28-14-4-15-29-48)53(44-66-37-46-24-10-2-11-25-46)73-61(59)71-42-51-34-20-7-21-35-51/h1-35,52-61H,36-44H2/t52-,53-,54+,55-,56-,57-,58+,59-,60-,61-/m1/s1.